The molecule has 2 aliphatic rings. The lowest BCUT2D eigenvalue weighted by Gasteiger charge is -2.30. The molecular formula is C34H51BN4O5. The third-order valence-corrected chi connectivity index (χ3v) is 8.74. The second-order valence-corrected chi connectivity index (χ2v) is 14.2. The minimum absolute atomic E-state index is 0.316. The van der Waals surface area contributed by atoms with Crippen LogP contribution in [0.15, 0.2) is 49.1 Å². The van der Waals surface area contributed by atoms with Crippen LogP contribution in [-0.4, -0.2) is 62.4 Å². The molecule has 4 aromatic heterocycles. The number of pyridine rings is 2. The highest BCUT2D eigenvalue weighted by molar-refractivity contribution is 6.54. The van der Waals surface area contributed by atoms with Gasteiger partial charge < -0.3 is 33.2 Å². The molecule has 44 heavy (non-hydrogen) atoms. The van der Waals surface area contributed by atoms with Gasteiger partial charge in [-0.25, -0.2) is 9.97 Å². The number of H-pyrrole nitrogens is 1. The lowest BCUT2D eigenvalue weighted by molar-refractivity contribution is -0.0890. The van der Waals surface area contributed by atoms with Crippen LogP contribution in [0.5, 0.6) is 0 Å². The van der Waals surface area contributed by atoms with Gasteiger partial charge in [0, 0.05) is 60.3 Å². The number of fused-ring (bicyclic) bond motifs is 2. The fourth-order valence-electron chi connectivity index (χ4n) is 4.81. The van der Waals surface area contributed by atoms with Crippen LogP contribution in [0.4, 0.5) is 0 Å². The Kier molecular flexibility index (Phi) is 10.0. The van der Waals surface area contributed by atoms with Crippen molar-refractivity contribution in [2.24, 2.45) is 0 Å². The zero-order valence-corrected chi connectivity index (χ0v) is 28.6. The normalized spacial score (nSPS) is 20.3. The third kappa shape index (κ3) is 7.05. The molecule has 0 aromatic carbocycles. The Bertz CT molecular complexity index is 1510. The lowest BCUT2D eigenvalue weighted by Crippen LogP contribution is -2.41. The molecule has 6 rings (SSSR count). The summed E-state index contributed by atoms with van der Waals surface area (Å²) in [4.78, 5) is 11.9. The highest BCUT2D eigenvalue weighted by atomic mass is 16.8. The summed E-state index contributed by atoms with van der Waals surface area (Å²) in [5.41, 5.74) is 2.54. The molecule has 0 atom stereocenters. The molecule has 2 fully saturated rings. The average Bonchev–Trinajstić information content (AvgIpc) is 3.66. The smallest absolute Gasteiger partial charge is 0.186 e. The van der Waals surface area contributed by atoms with E-state index in [4.69, 9.17) is 23.7 Å². The van der Waals surface area contributed by atoms with Gasteiger partial charge in [0.2, 0.25) is 0 Å². The minimum atomic E-state index is -0.367. The van der Waals surface area contributed by atoms with Crippen LogP contribution in [0.25, 0.3) is 22.1 Å². The van der Waals surface area contributed by atoms with Gasteiger partial charge in [0.15, 0.2) is 12.6 Å². The van der Waals surface area contributed by atoms with Crippen LogP contribution in [0.1, 0.15) is 79.1 Å². The van der Waals surface area contributed by atoms with Crippen molar-refractivity contribution in [1.29, 1.82) is 0 Å². The van der Waals surface area contributed by atoms with E-state index in [-0.39, 0.29) is 35.0 Å². The number of hydrogen-bond donors (Lipinski definition) is 1. The van der Waals surface area contributed by atoms with E-state index < -0.39 is 0 Å². The maximum absolute atomic E-state index is 6.16. The topological polar surface area (TPSA) is 92.7 Å². The summed E-state index contributed by atoms with van der Waals surface area (Å²) in [7, 11) is 1.70. The molecule has 0 amide bonds. The van der Waals surface area contributed by atoms with E-state index in [9.17, 15) is 0 Å². The van der Waals surface area contributed by atoms with E-state index in [1.54, 1.807) is 13.3 Å². The summed E-state index contributed by atoms with van der Waals surface area (Å²) in [5.74, 6) is 0. The highest BCUT2D eigenvalue weighted by Gasteiger charge is 2.50. The van der Waals surface area contributed by atoms with Crippen molar-refractivity contribution in [3.63, 3.8) is 0 Å². The molecule has 0 spiro atoms. The Morgan fingerprint density at radius 3 is 1.73 bits per heavy atom. The first kappa shape index (κ1) is 34.1. The molecule has 0 unspecified atom stereocenters. The van der Waals surface area contributed by atoms with Gasteiger partial charge in [-0.1, -0.05) is 20.5 Å². The van der Waals surface area contributed by atoms with Gasteiger partial charge in [0.05, 0.1) is 29.0 Å². The van der Waals surface area contributed by atoms with Crippen molar-refractivity contribution in [3.05, 3.63) is 60.2 Å². The molecule has 2 aliphatic heterocycles. The first-order chi connectivity index (χ1) is 20.5. The zero-order valence-electron chi connectivity index (χ0n) is 28.6. The van der Waals surface area contributed by atoms with E-state index in [2.05, 4.69) is 101 Å². The number of hydrogen-bond acceptors (Lipinski definition) is 7. The lowest BCUT2D eigenvalue weighted by atomic mass is 9.58. The number of aromatic nitrogens is 4. The van der Waals surface area contributed by atoms with E-state index in [0.717, 1.165) is 46.5 Å². The Balaban J connectivity index is 0.000000182. The first-order valence-electron chi connectivity index (χ1n) is 15.6. The van der Waals surface area contributed by atoms with Crippen molar-refractivity contribution >= 4 is 28.8 Å². The monoisotopic (exact) mass is 606 g/mol. The van der Waals surface area contributed by atoms with E-state index in [0.29, 0.717) is 6.61 Å². The van der Waals surface area contributed by atoms with Crippen molar-refractivity contribution < 1.29 is 23.7 Å². The molecule has 0 radical (unpaired) electrons. The van der Waals surface area contributed by atoms with Crippen LogP contribution in [0, 0.1) is 0 Å². The summed E-state index contributed by atoms with van der Waals surface area (Å²) in [6.07, 6.45) is 6.80. The molecule has 240 valence electrons. The molecule has 9 nitrogen and oxygen atoms in total. The predicted molar refractivity (Wildman–Crippen MR) is 177 cm³/mol. The van der Waals surface area contributed by atoms with E-state index in [1.165, 1.54) is 0 Å². The quantitative estimate of drug-likeness (QED) is 0.232. The van der Waals surface area contributed by atoms with Crippen LogP contribution in [0.3, 0.4) is 0 Å². The number of aromatic amines is 1. The molecule has 10 heteroatoms. The van der Waals surface area contributed by atoms with Crippen molar-refractivity contribution in [2.75, 3.05) is 13.7 Å². The van der Waals surface area contributed by atoms with Gasteiger partial charge in [-0.2, -0.15) is 0 Å². The largest absolute Gasteiger partial charge is 0.383 e. The van der Waals surface area contributed by atoms with Gasteiger partial charge in [0.1, 0.15) is 18.0 Å². The maximum Gasteiger partial charge on any atom is 0.186 e. The minimum Gasteiger partial charge on any atom is -0.383 e. The molecule has 0 aliphatic carbocycles. The predicted octanol–water partition coefficient (Wildman–Crippen LogP) is 7.82. The van der Waals surface area contributed by atoms with Gasteiger partial charge in [-0.05, 0) is 79.7 Å². The molecule has 2 saturated heterocycles. The highest BCUT2D eigenvalue weighted by Crippen LogP contribution is 2.47. The van der Waals surface area contributed by atoms with Gasteiger partial charge in [-0.15, -0.1) is 0 Å². The zero-order chi connectivity index (χ0) is 32.5. The Labute approximate surface area is 263 Å². The van der Waals surface area contributed by atoms with Gasteiger partial charge >= 0.3 is 0 Å². The summed E-state index contributed by atoms with van der Waals surface area (Å²) >= 11 is 0. The second-order valence-electron chi connectivity index (χ2n) is 14.2. The summed E-state index contributed by atoms with van der Waals surface area (Å²) in [6, 6.07) is 8.00. The van der Waals surface area contributed by atoms with Crippen molar-refractivity contribution in [1.82, 2.24) is 19.5 Å². The van der Waals surface area contributed by atoms with Crippen LogP contribution < -0.4 is 0 Å². The molecular weight excluding hydrogens is 555 g/mol. The van der Waals surface area contributed by atoms with Crippen LogP contribution >= 0.6 is 0 Å². The summed E-state index contributed by atoms with van der Waals surface area (Å²) < 4.78 is 31.7. The molecule has 6 heterocycles. The molecule has 1 N–H and O–H groups in total. The van der Waals surface area contributed by atoms with Crippen molar-refractivity contribution in [3.8, 4) is 0 Å². The van der Waals surface area contributed by atoms with E-state index >= 15 is 0 Å². The first-order valence-corrected chi connectivity index (χ1v) is 15.6. The van der Waals surface area contributed by atoms with Crippen LogP contribution in [-0.2, 0) is 30.2 Å². The third-order valence-electron chi connectivity index (χ3n) is 8.74. The Morgan fingerprint density at radius 2 is 1.23 bits per heavy atom. The molecule has 0 bridgehead atoms. The average molecular weight is 607 g/mol. The standard InChI is InChI=1S/C17H24N2O3.C14H18N2O2.C3H9B/c1-16(2)17(3,4)22-15(21-16)13-6-8-18-14-12(13)7-9-19(14)10-11-20-5;1-13(2)14(3,4)18-12(17-13)10-6-8-16-11-9(10)5-7-15-11;1-4(2)3/h6-9,15H,10-11H2,1-5H3;5-8,12H,1-4H3,(H,15,16);1-3H3. The SMILES string of the molecule is CB(C)C.CC1(C)OC(c2ccnc3[nH]ccc23)OC1(C)C.COCCn1ccc2c(C3OC(C)(C)C(C)(C)O3)ccnc21. The number of methoxy groups -OCH3 is 1. The summed E-state index contributed by atoms with van der Waals surface area (Å²) in [5, 5.41) is 2.12. The van der Waals surface area contributed by atoms with E-state index in [1.807, 2.05) is 36.8 Å². The number of ether oxygens (including phenoxy) is 5. The fraction of sp³-hybridized carbons (Fsp3) is 0.588. The second kappa shape index (κ2) is 12.9. The Morgan fingerprint density at radius 1 is 0.750 bits per heavy atom. The molecule has 0 saturated carbocycles. The number of nitrogens with zero attached hydrogens (tertiary/aromatic N) is 3. The van der Waals surface area contributed by atoms with Gasteiger partial charge in [0.25, 0.3) is 0 Å². The maximum atomic E-state index is 6.16. The molecule has 4 aromatic rings. The summed E-state index contributed by atoms with van der Waals surface area (Å²) in [6.45, 7) is 25.3. The fourth-order valence-corrected chi connectivity index (χ4v) is 4.81. The number of nitrogens with one attached hydrogen (secondary N) is 1. The van der Waals surface area contributed by atoms with Crippen LogP contribution in [0.2, 0.25) is 20.5 Å². The number of rotatable bonds is 5. The Hall–Kier alpha value is -2.76. The van der Waals surface area contributed by atoms with Crippen molar-refractivity contribution in [2.45, 2.75) is 117 Å². The van der Waals surface area contributed by atoms with Gasteiger partial charge in [-0.3, -0.25) is 0 Å².